The smallest absolute Gasteiger partial charge is 0.143 e. The summed E-state index contributed by atoms with van der Waals surface area (Å²) in [6, 6.07) is 62.7. The van der Waals surface area contributed by atoms with E-state index in [4.69, 9.17) is 8.83 Å². The third kappa shape index (κ3) is 4.32. The van der Waals surface area contributed by atoms with Crippen LogP contribution in [-0.4, -0.2) is 0 Å². The lowest BCUT2D eigenvalue weighted by Crippen LogP contribution is -2.09. The lowest BCUT2D eigenvalue weighted by Gasteiger charge is -2.26. The molecule has 51 heavy (non-hydrogen) atoms. The van der Waals surface area contributed by atoms with E-state index in [1.165, 1.54) is 26.9 Å². The van der Waals surface area contributed by atoms with Crippen molar-refractivity contribution in [3.8, 4) is 11.1 Å². The predicted octanol–water partition coefficient (Wildman–Crippen LogP) is 14.1. The molecule has 9 aromatic carbocycles. The Labute approximate surface area is 293 Å². The molecule has 0 aliphatic carbocycles. The summed E-state index contributed by atoms with van der Waals surface area (Å²) in [5.41, 5.74) is 9.05. The summed E-state index contributed by atoms with van der Waals surface area (Å²) in [7, 11) is 0. The van der Waals surface area contributed by atoms with Crippen molar-refractivity contribution in [2.24, 2.45) is 0 Å². The van der Waals surface area contributed by atoms with Crippen LogP contribution in [0, 0.1) is 0 Å². The Morgan fingerprint density at radius 2 is 0.941 bits per heavy atom. The lowest BCUT2D eigenvalue weighted by atomic mass is 9.98. The van der Waals surface area contributed by atoms with E-state index in [-0.39, 0.29) is 0 Å². The largest absolute Gasteiger partial charge is 0.456 e. The molecule has 0 unspecified atom stereocenters. The number of anilines is 3. The minimum absolute atomic E-state index is 0.866. The molecule has 3 nitrogen and oxygen atoms in total. The van der Waals surface area contributed by atoms with Crippen molar-refractivity contribution in [2.75, 3.05) is 4.90 Å². The molecule has 2 aromatic heterocycles. The van der Waals surface area contributed by atoms with Crippen LogP contribution in [0.25, 0.3) is 87.3 Å². The molecule has 0 aliphatic rings. The quantitative estimate of drug-likeness (QED) is 0.177. The Bertz CT molecular complexity index is 3150. The first-order chi connectivity index (χ1) is 25.3. The fourth-order valence-corrected chi connectivity index (χ4v) is 8.01. The fourth-order valence-electron chi connectivity index (χ4n) is 8.01. The Morgan fingerprint density at radius 1 is 0.333 bits per heavy atom. The predicted molar refractivity (Wildman–Crippen MR) is 214 cm³/mol. The maximum Gasteiger partial charge on any atom is 0.143 e. The number of benzene rings is 9. The van der Waals surface area contributed by atoms with Crippen LogP contribution in [0.5, 0.6) is 0 Å². The first-order valence-electron chi connectivity index (χ1n) is 17.3. The maximum absolute atomic E-state index is 6.67. The molecule has 2 heterocycles. The summed E-state index contributed by atoms with van der Waals surface area (Å²) in [5.74, 6) is 0. The van der Waals surface area contributed by atoms with Crippen molar-refractivity contribution < 1.29 is 8.83 Å². The number of rotatable bonds is 4. The summed E-state index contributed by atoms with van der Waals surface area (Å²) >= 11 is 0. The standard InChI is InChI=1S/C48H29NO2/c1-3-10-37-30(8-1)16-17-33-20-24-35(28-43(33)37)49(36-25-27-40-41-26-21-31-9-2-4-11-39(31)48(41)51-46(40)29-36)34-22-18-32(19-23-34)38-13-7-15-45-47(38)42-12-5-6-14-44(42)50-45/h1-29H. The van der Waals surface area contributed by atoms with Gasteiger partial charge in [-0.15, -0.1) is 0 Å². The summed E-state index contributed by atoms with van der Waals surface area (Å²) in [6.07, 6.45) is 0. The van der Waals surface area contributed by atoms with Gasteiger partial charge in [0.05, 0.1) is 0 Å². The van der Waals surface area contributed by atoms with E-state index < -0.39 is 0 Å². The first-order valence-corrected chi connectivity index (χ1v) is 17.3. The summed E-state index contributed by atoms with van der Waals surface area (Å²) in [6.45, 7) is 0. The van der Waals surface area contributed by atoms with E-state index in [9.17, 15) is 0 Å². The normalized spacial score (nSPS) is 11.9. The number of nitrogens with zero attached hydrogens (tertiary/aromatic N) is 1. The summed E-state index contributed by atoms with van der Waals surface area (Å²) in [5, 5.41) is 11.7. The molecule has 0 aliphatic heterocycles. The molecule has 0 atom stereocenters. The second kappa shape index (κ2) is 10.8. The second-order valence-corrected chi connectivity index (χ2v) is 13.3. The highest BCUT2D eigenvalue weighted by molar-refractivity contribution is 6.16. The van der Waals surface area contributed by atoms with Gasteiger partial charge in [0.1, 0.15) is 22.3 Å². The highest BCUT2D eigenvalue weighted by Gasteiger charge is 2.18. The van der Waals surface area contributed by atoms with Gasteiger partial charge in [0.15, 0.2) is 0 Å². The molecular formula is C48H29NO2. The van der Waals surface area contributed by atoms with E-state index >= 15 is 0 Å². The van der Waals surface area contributed by atoms with Crippen LogP contribution in [0.1, 0.15) is 0 Å². The average molecular weight is 652 g/mol. The van der Waals surface area contributed by atoms with Gasteiger partial charge in [0.2, 0.25) is 0 Å². The van der Waals surface area contributed by atoms with Gasteiger partial charge in [0.25, 0.3) is 0 Å². The van der Waals surface area contributed by atoms with Gasteiger partial charge in [-0.1, -0.05) is 115 Å². The third-order valence-corrected chi connectivity index (χ3v) is 10.4. The van der Waals surface area contributed by atoms with Gasteiger partial charge >= 0.3 is 0 Å². The third-order valence-electron chi connectivity index (χ3n) is 10.4. The number of furan rings is 2. The molecule has 0 saturated heterocycles. The van der Waals surface area contributed by atoms with Gasteiger partial charge in [-0.3, -0.25) is 0 Å². The van der Waals surface area contributed by atoms with Crippen LogP contribution in [-0.2, 0) is 0 Å². The second-order valence-electron chi connectivity index (χ2n) is 13.3. The first kappa shape index (κ1) is 28.0. The van der Waals surface area contributed by atoms with Crippen molar-refractivity contribution in [1.29, 1.82) is 0 Å². The fraction of sp³-hybridized carbons (Fsp3) is 0. The Balaban J connectivity index is 1.11. The van der Waals surface area contributed by atoms with Crippen molar-refractivity contribution in [3.63, 3.8) is 0 Å². The maximum atomic E-state index is 6.67. The molecule has 0 N–H and O–H groups in total. The zero-order valence-electron chi connectivity index (χ0n) is 27.5. The van der Waals surface area contributed by atoms with Crippen molar-refractivity contribution in [1.82, 2.24) is 0 Å². The van der Waals surface area contributed by atoms with Gasteiger partial charge < -0.3 is 13.7 Å². The number of hydrogen-bond donors (Lipinski definition) is 0. The molecule has 3 heteroatoms. The summed E-state index contributed by atoms with van der Waals surface area (Å²) in [4.78, 5) is 2.34. The molecule has 0 amide bonds. The highest BCUT2D eigenvalue weighted by Crippen LogP contribution is 2.43. The minimum atomic E-state index is 0.866. The van der Waals surface area contributed by atoms with Gasteiger partial charge in [-0.25, -0.2) is 0 Å². The van der Waals surface area contributed by atoms with E-state index in [1.54, 1.807) is 0 Å². The van der Waals surface area contributed by atoms with Crippen LogP contribution in [0.2, 0.25) is 0 Å². The molecule has 238 valence electrons. The molecule has 0 radical (unpaired) electrons. The topological polar surface area (TPSA) is 29.5 Å². The monoisotopic (exact) mass is 651 g/mol. The van der Waals surface area contributed by atoms with E-state index in [2.05, 4.69) is 169 Å². The average Bonchev–Trinajstić information content (AvgIpc) is 3.77. The Morgan fingerprint density at radius 3 is 1.80 bits per heavy atom. The number of fused-ring (bicyclic) bond motifs is 11. The Hall–Kier alpha value is -6.84. The van der Waals surface area contributed by atoms with Crippen LogP contribution in [0.3, 0.4) is 0 Å². The zero-order valence-corrected chi connectivity index (χ0v) is 27.5. The number of hydrogen-bond acceptors (Lipinski definition) is 3. The van der Waals surface area contributed by atoms with Crippen LogP contribution in [0.4, 0.5) is 17.1 Å². The molecular weight excluding hydrogens is 623 g/mol. The number of para-hydroxylation sites is 1. The van der Waals surface area contributed by atoms with Gasteiger partial charge in [-0.05, 0) is 92.7 Å². The van der Waals surface area contributed by atoms with Crippen LogP contribution < -0.4 is 4.90 Å². The van der Waals surface area contributed by atoms with Crippen molar-refractivity contribution >= 4 is 93.3 Å². The summed E-state index contributed by atoms with van der Waals surface area (Å²) < 4.78 is 12.9. The van der Waals surface area contributed by atoms with E-state index in [1.807, 2.05) is 12.1 Å². The molecule has 11 aromatic rings. The van der Waals surface area contributed by atoms with Crippen LogP contribution in [0.15, 0.2) is 185 Å². The zero-order chi connectivity index (χ0) is 33.5. The molecule has 0 saturated carbocycles. The Kier molecular flexibility index (Phi) is 5.96. The molecule has 0 spiro atoms. The highest BCUT2D eigenvalue weighted by atomic mass is 16.3. The molecule has 0 fully saturated rings. The van der Waals surface area contributed by atoms with E-state index in [0.717, 1.165) is 77.5 Å². The minimum Gasteiger partial charge on any atom is -0.456 e. The molecule has 0 bridgehead atoms. The lowest BCUT2D eigenvalue weighted by molar-refractivity contribution is 0.669. The van der Waals surface area contributed by atoms with Gasteiger partial charge in [0, 0.05) is 50.1 Å². The van der Waals surface area contributed by atoms with Gasteiger partial charge in [-0.2, -0.15) is 0 Å². The van der Waals surface area contributed by atoms with Crippen LogP contribution >= 0.6 is 0 Å². The van der Waals surface area contributed by atoms with Crippen molar-refractivity contribution in [3.05, 3.63) is 176 Å². The van der Waals surface area contributed by atoms with Crippen molar-refractivity contribution in [2.45, 2.75) is 0 Å². The van der Waals surface area contributed by atoms with E-state index in [0.29, 0.717) is 0 Å². The SMILES string of the molecule is c1ccc2c(c1)ccc1ccc(N(c3ccc(-c4cccc5oc6ccccc6c45)cc3)c3ccc4c(c3)oc3c5ccccc5ccc43)cc12. The molecule has 11 rings (SSSR count).